The second-order valence-corrected chi connectivity index (χ2v) is 9.19. The summed E-state index contributed by atoms with van der Waals surface area (Å²) < 4.78 is 5.49. The number of hydrogen-bond donors (Lipinski definition) is 1. The van der Waals surface area contributed by atoms with E-state index in [0.717, 1.165) is 36.8 Å². The zero-order valence-electron chi connectivity index (χ0n) is 20.9. The molecule has 2 aromatic carbocycles. The Labute approximate surface area is 221 Å². The number of fused-ring (bicyclic) bond motifs is 1. The van der Waals surface area contributed by atoms with Gasteiger partial charge in [0.05, 0.1) is 17.6 Å². The number of carbonyl (C=O) groups excluding carboxylic acids is 1. The van der Waals surface area contributed by atoms with Gasteiger partial charge in [0.1, 0.15) is 22.1 Å². The number of halogens is 1. The van der Waals surface area contributed by atoms with Crippen LogP contribution in [0.1, 0.15) is 49.9 Å². The van der Waals surface area contributed by atoms with Crippen LogP contribution in [0.3, 0.4) is 0 Å². The van der Waals surface area contributed by atoms with Crippen molar-refractivity contribution in [3.8, 4) is 16.9 Å². The molecule has 1 atom stereocenters. The Bertz CT molecular complexity index is 1390. The van der Waals surface area contributed by atoms with Crippen molar-refractivity contribution in [2.24, 2.45) is 16.1 Å². The van der Waals surface area contributed by atoms with Crippen molar-refractivity contribution in [1.82, 2.24) is 9.97 Å². The minimum absolute atomic E-state index is 0.0676. The molecule has 0 saturated heterocycles. The van der Waals surface area contributed by atoms with E-state index in [-0.39, 0.29) is 10.9 Å². The van der Waals surface area contributed by atoms with Crippen molar-refractivity contribution in [2.75, 3.05) is 6.61 Å². The van der Waals surface area contributed by atoms with E-state index < -0.39 is 5.97 Å². The van der Waals surface area contributed by atoms with Crippen LogP contribution in [0.2, 0.25) is 5.15 Å². The largest absolute Gasteiger partial charge is 0.507 e. The summed E-state index contributed by atoms with van der Waals surface area (Å²) >= 11 is 6.32. The van der Waals surface area contributed by atoms with Gasteiger partial charge < -0.3 is 9.84 Å². The quantitative estimate of drug-likeness (QED) is 0.129. The summed E-state index contributed by atoms with van der Waals surface area (Å²) in [6, 6.07) is 17.7. The number of phenols is 1. The number of aromatic nitrogens is 2. The summed E-state index contributed by atoms with van der Waals surface area (Å²) in [4.78, 5) is 21.1. The van der Waals surface area contributed by atoms with Crippen molar-refractivity contribution in [3.63, 3.8) is 0 Å². The molecular weight excluding hydrogens is 488 g/mol. The number of rotatable bonds is 10. The molecule has 2 heterocycles. The Kier molecular flexibility index (Phi) is 8.80. The topological polar surface area (TPSA) is 97.0 Å². The molecule has 0 aliphatic rings. The lowest BCUT2D eigenvalue weighted by molar-refractivity contribution is 0.0427. The Balaban J connectivity index is 1.54. The van der Waals surface area contributed by atoms with Crippen molar-refractivity contribution in [3.05, 3.63) is 77.6 Å². The highest BCUT2D eigenvalue weighted by Crippen LogP contribution is 2.40. The molecule has 4 aromatic rings. The molecule has 0 saturated carbocycles. The van der Waals surface area contributed by atoms with Crippen molar-refractivity contribution in [1.29, 1.82) is 0 Å². The number of ether oxygens (including phenoxy) is 1. The first-order valence-corrected chi connectivity index (χ1v) is 12.8. The molecule has 7 nitrogen and oxygen atoms in total. The summed E-state index contributed by atoms with van der Waals surface area (Å²) in [6.45, 7) is 4.67. The predicted octanol–water partition coefficient (Wildman–Crippen LogP) is 8.44. The molecule has 1 unspecified atom stereocenters. The third kappa shape index (κ3) is 6.49. The van der Waals surface area contributed by atoms with Crippen LogP contribution in [-0.4, -0.2) is 27.7 Å². The van der Waals surface area contributed by atoms with Crippen LogP contribution in [0.15, 0.2) is 77.1 Å². The van der Waals surface area contributed by atoms with E-state index in [2.05, 4.69) is 34.0 Å². The summed E-state index contributed by atoms with van der Waals surface area (Å²) in [5.74, 6) is 0.354. The number of aromatic hydroxyl groups is 1. The van der Waals surface area contributed by atoms with Gasteiger partial charge in [0.25, 0.3) is 0 Å². The highest BCUT2D eigenvalue weighted by Gasteiger charge is 2.15. The summed E-state index contributed by atoms with van der Waals surface area (Å²) in [5, 5.41) is 19.9. The third-order valence-corrected chi connectivity index (χ3v) is 6.40. The Morgan fingerprint density at radius 3 is 2.59 bits per heavy atom. The minimum atomic E-state index is -0.400. The van der Waals surface area contributed by atoms with Crippen LogP contribution < -0.4 is 0 Å². The molecule has 0 aliphatic carbocycles. The summed E-state index contributed by atoms with van der Waals surface area (Å²) in [6.07, 6.45) is 5.71. The van der Waals surface area contributed by atoms with Gasteiger partial charge in [-0.1, -0.05) is 75.0 Å². The fourth-order valence-electron chi connectivity index (χ4n) is 4.05. The smallest absolute Gasteiger partial charge is 0.339 e. The normalized spacial score (nSPS) is 12.2. The molecule has 2 aromatic heterocycles. The first-order valence-electron chi connectivity index (χ1n) is 12.4. The summed E-state index contributed by atoms with van der Waals surface area (Å²) in [7, 11) is 0. The lowest BCUT2D eigenvalue weighted by Crippen LogP contribution is -2.14. The van der Waals surface area contributed by atoms with E-state index in [1.807, 2.05) is 30.3 Å². The molecule has 37 heavy (non-hydrogen) atoms. The van der Waals surface area contributed by atoms with Crippen molar-refractivity contribution in [2.45, 2.75) is 39.5 Å². The number of hydrogen-bond acceptors (Lipinski definition) is 7. The molecule has 0 bridgehead atoms. The summed E-state index contributed by atoms with van der Waals surface area (Å²) in [5.41, 5.74) is 2.84. The van der Waals surface area contributed by atoms with Gasteiger partial charge in [-0.25, -0.2) is 14.8 Å². The first kappa shape index (κ1) is 26.2. The van der Waals surface area contributed by atoms with E-state index in [0.29, 0.717) is 40.5 Å². The van der Waals surface area contributed by atoms with Crippen LogP contribution in [0.4, 0.5) is 11.5 Å². The maximum Gasteiger partial charge on any atom is 0.339 e. The molecule has 1 N–H and O–H groups in total. The molecule has 8 heteroatoms. The second-order valence-electron chi connectivity index (χ2n) is 8.81. The van der Waals surface area contributed by atoms with Crippen molar-refractivity contribution >= 4 is 40.0 Å². The number of unbranched alkanes of at least 4 members (excludes halogenated alkanes) is 1. The molecule has 190 valence electrons. The van der Waals surface area contributed by atoms with Crippen LogP contribution in [0.25, 0.3) is 22.0 Å². The van der Waals surface area contributed by atoms with E-state index >= 15 is 0 Å². The van der Waals surface area contributed by atoms with E-state index in [1.165, 1.54) is 6.20 Å². The number of carbonyl (C=O) groups is 1. The Hall–Kier alpha value is -3.84. The molecule has 0 radical (unpaired) electrons. The van der Waals surface area contributed by atoms with Crippen LogP contribution >= 0.6 is 11.6 Å². The average Bonchev–Trinajstić information content (AvgIpc) is 2.93. The van der Waals surface area contributed by atoms with Crippen LogP contribution in [0.5, 0.6) is 5.75 Å². The SMILES string of the molecule is CCCCC(CC)COC(=O)c1ccc(N=Nc2ccc(O)c3c(-c4ccccc4)cc(Cl)nc23)nc1. The number of pyridine rings is 2. The van der Waals surface area contributed by atoms with Gasteiger partial charge in [-0.2, -0.15) is 0 Å². The predicted molar refractivity (Wildman–Crippen MR) is 146 cm³/mol. The highest BCUT2D eigenvalue weighted by atomic mass is 35.5. The maximum atomic E-state index is 12.4. The van der Waals surface area contributed by atoms with E-state index in [9.17, 15) is 9.90 Å². The van der Waals surface area contributed by atoms with E-state index in [4.69, 9.17) is 16.3 Å². The van der Waals surface area contributed by atoms with Gasteiger partial charge in [-0.3, -0.25) is 0 Å². The maximum absolute atomic E-state index is 12.4. The average molecular weight is 517 g/mol. The van der Waals surface area contributed by atoms with E-state index in [1.54, 1.807) is 30.3 Å². The number of phenolic OH excluding ortho intramolecular Hbond substituents is 1. The molecule has 0 fully saturated rings. The Morgan fingerprint density at radius 2 is 1.89 bits per heavy atom. The lowest BCUT2D eigenvalue weighted by atomic mass is 10.00. The van der Waals surface area contributed by atoms with Crippen LogP contribution in [0, 0.1) is 5.92 Å². The molecule has 4 rings (SSSR count). The van der Waals surface area contributed by atoms with Crippen molar-refractivity contribution < 1.29 is 14.6 Å². The number of benzene rings is 2. The van der Waals surface area contributed by atoms with Gasteiger partial charge in [0.2, 0.25) is 0 Å². The minimum Gasteiger partial charge on any atom is -0.507 e. The first-order chi connectivity index (χ1) is 18.0. The van der Waals surface area contributed by atoms with Gasteiger partial charge >= 0.3 is 5.97 Å². The third-order valence-electron chi connectivity index (χ3n) is 6.21. The fraction of sp³-hybridized carbons (Fsp3) is 0.276. The molecule has 0 amide bonds. The molecular formula is C29H29ClN4O3. The second kappa shape index (κ2) is 12.4. The van der Waals surface area contributed by atoms with Gasteiger partial charge in [0.15, 0.2) is 5.82 Å². The monoisotopic (exact) mass is 516 g/mol. The number of azo groups is 1. The highest BCUT2D eigenvalue weighted by molar-refractivity contribution is 6.30. The Morgan fingerprint density at radius 1 is 1.08 bits per heavy atom. The fourth-order valence-corrected chi connectivity index (χ4v) is 4.24. The van der Waals surface area contributed by atoms with Crippen LogP contribution in [-0.2, 0) is 4.74 Å². The molecule has 0 spiro atoms. The standard InChI is InChI=1S/C29H29ClN4O3/c1-3-5-9-19(4-2)18-37-29(36)21-12-15-26(31-17-21)34-33-23-13-14-24(35)27-22(16-25(30)32-28(23)27)20-10-7-6-8-11-20/h6-8,10-17,19,35H,3-5,9,18H2,1-2H3. The van der Waals surface area contributed by atoms with Gasteiger partial charge in [-0.15, -0.1) is 10.2 Å². The van der Waals surface area contributed by atoms with Gasteiger partial charge in [-0.05, 0) is 53.8 Å². The van der Waals surface area contributed by atoms with Gasteiger partial charge in [0, 0.05) is 6.20 Å². The number of nitrogens with zero attached hydrogens (tertiary/aromatic N) is 4. The zero-order valence-corrected chi connectivity index (χ0v) is 21.7. The molecule has 0 aliphatic heterocycles. The lowest BCUT2D eigenvalue weighted by Gasteiger charge is -2.14. The number of esters is 1. The zero-order chi connectivity index (χ0) is 26.2.